The summed E-state index contributed by atoms with van der Waals surface area (Å²) in [5.74, 6) is -2.74. The zero-order valence-electron chi connectivity index (χ0n) is 53.6. The number of rotatable bonds is 21. The highest BCUT2D eigenvalue weighted by atomic mass is 35.5. The molecule has 500 valence electrons. The van der Waals surface area contributed by atoms with E-state index in [0.717, 1.165) is 48.1 Å². The summed E-state index contributed by atoms with van der Waals surface area (Å²) in [5, 5.41) is 22.8. The van der Waals surface area contributed by atoms with Crippen LogP contribution in [-0.2, 0) is 65.4 Å². The third-order valence-corrected chi connectivity index (χ3v) is 17.3. The molecular formula is C63H87ClN8O18S. The number of fused-ring (bicyclic) bond motifs is 5. The highest BCUT2D eigenvalue weighted by Gasteiger charge is 2.64. The van der Waals surface area contributed by atoms with Crippen LogP contribution in [0.25, 0.3) is 0 Å². The molecule has 1 unspecified atom stereocenters. The minimum Gasteiger partial charge on any atom is -0.495 e. The molecule has 0 aromatic heterocycles. The summed E-state index contributed by atoms with van der Waals surface area (Å²) in [7, 11) is 8.64. The van der Waals surface area contributed by atoms with E-state index in [-0.39, 0.29) is 86.3 Å². The number of amides is 8. The molecule has 0 saturated carbocycles. The van der Waals surface area contributed by atoms with Crippen molar-refractivity contribution in [3.63, 3.8) is 0 Å². The van der Waals surface area contributed by atoms with E-state index >= 15 is 0 Å². The summed E-state index contributed by atoms with van der Waals surface area (Å²) >= 11 is 8.18. The van der Waals surface area contributed by atoms with Gasteiger partial charge >= 0.3 is 30.3 Å². The maximum absolute atomic E-state index is 14.4. The number of nitrogens with one attached hydrogen (secondary N) is 4. The minimum absolute atomic E-state index is 0.0000755. The number of ether oxygens (including phenoxy) is 8. The van der Waals surface area contributed by atoms with Crippen molar-refractivity contribution >= 4 is 88.7 Å². The van der Waals surface area contributed by atoms with Gasteiger partial charge < -0.3 is 78.6 Å². The van der Waals surface area contributed by atoms with Gasteiger partial charge in [0.15, 0.2) is 11.5 Å². The van der Waals surface area contributed by atoms with Crippen LogP contribution in [0.5, 0.6) is 11.5 Å². The van der Waals surface area contributed by atoms with Crippen LogP contribution in [0.1, 0.15) is 96.6 Å². The molecule has 2 fully saturated rings. The van der Waals surface area contributed by atoms with Gasteiger partial charge in [0.25, 0.3) is 0 Å². The van der Waals surface area contributed by atoms with Gasteiger partial charge in [-0.2, -0.15) is 11.8 Å². The molecule has 3 heterocycles. The molecule has 6 rings (SSSR count). The van der Waals surface area contributed by atoms with Crippen molar-refractivity contribution < 1.29 is 86.2 Å². The van der Waals surface area contributed by atoms with Gasteiger partial charge in [-0.25, -0.2) is 24.0 Å². The number of thioether (sulfide) groups is 1. The molecule has 5 N–H and O–H groups in total. The van der Waals surface area contributed by atoms with Crippen LogP contribution in [-0.4, -0.2) is 202 Å². The number of allylic oxidation sites excluding steroid dienone is 4. The van der Waals surface area contributed by atoms with Crippen molar-refractivity contribution in [2.45, 2.75) is 146 Å². The standard InChI is InChI=1S/C63H87ClN8O18S/c1-38-18-17-21-49(84-10)63(82)35-48(88-59(79)68-63)39(2)56-62(4,90-56)50(34-54(76)72(8)45-32-42(30-38)33-47(83-9)55(45)64)89-57(77)40(3)71(7)53(75)25-29-85-60(80)69(5)27-28-70(6)61(81)86-36-41-22-23-46(87-58(78)66-43-19-15-13-12-14-16-20-43)44(31-41)67-51(73)24-26-65-52(74)37-91-11/h15,17-19,21-23,31-33,39-40,43,48-50,56,82H,12-14,16,20,24-30,34-37H2,1-11H3,(H,65,74)(H,66,78)(H,67,73)(H,68,79)/b19-15+,21-17+,38-18+/t39-,40+,43?,48+,49-,50+,56+,62+,63+/m1/s1. The first-order chi connectivity index (χ1) is 43.2. The number of aliphatic hydroxyl groups is 1. The number of alkyl carbamates (subject to hydrolysis) is 1. The SMILES string of the molecule is COc1cc2cc(c1Cl)N(C)C(=O)C[C@H](OC(=O)[C@H](C)N(C)C(=O)CCOC(=O)N(C)CCN(C)C(=O)OCc1ccc(OC(=O)NC3/C=C/CCCCC3)c(NC(=O)CCNC(=O)CSC)c1)[C@]1(C)O[C@H]1[C@H](C)[C@@H]1C[C@@](O)(NC(=O)O1)[C@H](OC)/C=C/C=C(\C)C2. The fourth-order valence-corrected chi connectivity index (χ4v) is 11.3. The Kier molecular flexibility index (Phi) is 26.8. The van der Waals surface area contributed by atoms with Crippen LogP contribution in [0, 0.1) is 5.92 Å². The monoisotopic (exact) mass is 1310 g/mol. The molecule has 2 saturated heterocycles. The van der Waals surface area contributed by atoms with Crippen LogP contribution >= 0.6 is 23.4 Å². The normalized spacial score (nSPS) is 24.8. The Morgan fingerprint density at radius 2 is 1.68 bits per heavy atom. The molecule has 2 aromatic carbocycles. The summed E-state index contributed by atoms with van der Waals surface area (Å²) in [6.45, 7) is 6.15. The van der Waals surface area contributed by atoms with Crippen molar-refractivity contribution in [1.29, 1.82) is 0 Å². The number of benzene rings is 2. The topological polar surface area (TPSA) is 312 Å². The average molecular weight is 1310 g/mol. The zero-order chi connectivity index (χ0) is 66.7. The van der Waals surface area contributed by atoms with Crippen LogP contribution in [0.4, 0.5) is 30.6 Å². The first-order valence-electron chi connectivity index (χ1n) is 30.1. The summed E-state index contributed by atoms with van der Waals surface area (Å²) < 4.78 is 46.0. The average Bonchev–Trinajstić information content (AvgIpc) is 1.60. The number of nitrogens with zero attached hydrogens (tertiary/aromatic N) is 4. The van der Waals surface area contributed by atoms with Gasteiger partial charge in [0, 0.05) is 73.7 Å². The number of halogens is 1. The van der Waals surface area contributed by atoms with E-state index in [1.165, 1.54) is 87.9 Å². The first-order valence-corrected chi connectivity index (χ1v) is 31.9. The van der Waals surface area contributed by atoms with Crippen LogP contribution < -0.4 is 35.6 Å². The van der Waals surface area contributed by atoms with Crippen LogP contribution in [0.15, 0.2) is 66.3 Å². The van der Waals surface area contributed by atoms with Gasteiger partial charge in [-0.15, -0.1) is 0 Å². The number of carbonyl (C=O) groups is 9. The van der Waals surface area contributed by atoms with E-state index in [1.807, 2.05) is 25.2 Å². The molecule has 26 nitrogen and oxygen atoms in total. The number of epoxide rings is 1. The molecule has 9 atom stereocenters. The molecule has 4 aliphatic rings. The number of hydrogen-bond donors (Lipinski definition) is 5. The Hall–Kier alpha value is -7.59. The lowest BCUT2D eigenvalue weighted by Crippen LogP contribution is -2.63. The van der Waals surface area contributed by atoms with Gasteiger partial charge in [-0.05, 0) is 88.1 Å². The largest absolute Gasteiger partial charge is 0.495 e. The molecular weight excluding hydrogens is 1220 g/mol. The van der Waals surface area contributed by atoms with Crippen molar-refractivity contribution in [1.82, 2.24) is 30.7 Å². The van der Waals surface area contributed by atoms with E-state index in [4.69, 9.17) is 49.5 Å². The van der Waals surface area contributed by atoms with Gasteiger partial charge in [-0.3, -0.25) is 24.5 Å². The fraction of sp³-hybridized carbons (Fsp3) is 0.571. The van der Waals surface area contributed by atoms with E-state index in [9.17, 15) is 48.3 Å². The maximum atomic E-state index is 14.4. The Bertz CT molecular complexity index is 3060. The Morgan fingerprint density at radius 1 is 0.956 bits per heavy atom. The fourth-order valence-electron chi connectivity index (χ4n) is 10.6. The highest BCUT2D eigenvalue weighted by Crippen LogP contribution is 2.49. The quantitative estimate of drug-likeness (QED) is 0.0362. The second kappa shape index (κ2) is 33.6. The van der Waals surface area contributed by atoms with Crippen LogP contribution in [0.3, 0.4) is 0 Å². The molecule has 91 heavy (non-hydrogen) atoms. The number of likely N-dealkylation sites (N-methyl/N-ethyl adjacent to an activating group) is 3. The summed E-state index contributed by atoms with van der Waals surface area (Å²) in [6, 6.07) is 6.58. The Balaban J connectivity index is 1.03. The van der Waals surface area contributed by atoms with Crippen molar-refractivity contribution in [3.8, 4) is 11.5 Å². The number of methoxy groups -OCH3 is 2. The van der Waals surface area contributed by atoms with Crippen molar-refractivity contribution in [2.75, 3.05) is 90.9 Å². The lowest BCUT2D eigenvalue weighted by Gasteiger charge is -2.42. The lowest BCUT2D eigenvalue weighted by atomic mass is 9.83. The lowest BCUT2D eigenvalue weighted by molar-refractivity contribution is -0.162. The maximum Gasteiger partial charge on any atom is 0.413 e. The molecule has 3 aliphatic heterocycles. The van der Waals surface area contributed by atoms with Gasteiger partial charge in [0.05, 0.1) is 49.2 Å². The predicted octanol–water partition coefficient (Wildman–Crippen LogP) is 7.03. The van der Waals surface area contributed by atoms with Crippen molar-refractivity contribution in [2.24, 2.45) is 5.92 Å². The third kappa shape index (κ3) is 20.5. The van der Waals surface area contributed by atoms with E-state index in [0.29, 0.717) is 23.4 Å². The second-order valence-electron chi connectivity index (χ2n) is 23.3. The van der Waals surface area contributed by atoms with Crippen molar-refractivity contribution in [3.05, 3.63) is 82.4 Å². The first kappa shape index (κ1) is 72.5. The molecule has 2 aromatic rings. The Labute approximate surface area is 540 Å². The van der Waals surface area contributed by atoms with E-state index in [1.54, 1.807) is 50.5 Å². The van der Waals surface area contributed by atoms with Gasteiger partial charge in [-0.1, -0.05) is 73.4 Å². The summed E-state index contributed by atoms with van der Waals surface area (Å²) in [6.07, 6.45) is 7.86. The molecule has 0 spiro atoms. The number of esters is 1. The number of anilines is 2. The number of hydrogen-bond acceptors (Lipinski definition) is 19. The van der Waals surface area contributed by atoms with E-state index in [2.05, 4.69) is 21.3 Å². The van der Waals surface area contributed by atoms with Gasteiger partial charge in [0.1, 0.15) is 53.9 Å². The molecule has 0 radical (unpaired) electrons. The molecule has 1 aliphatic carbocycles. The summed E-state index contributed by atoms with van der Waals surface area (Å²) in [5.41, 5.74) is -0.752. The third-order valence-electron chi connectivity index (χ3n) is 16.4. The van der Waals surface area contributed by atoms with Gasteiger partial charge in [0.2, 0.25) is 23.6 Å². The smallest absolute Gasteiger partial charge is 0.413 e. The molecule has 28 heteroatoms. The minimum atomic E-state index is -1.91. The second-order valence-corrected chi connectivity index (χ2v) is 24.5. The number of carbonyl (C=O) groups excluding carboxylic acids is 9. The van der Waals surface area contributed by atoms with Crippen LogP contribution in [0.2, 0.25) is 5.02 Å². The summed E-state index contributed by atoms with van der Waals surface area (Å²) in [4.78, 5) is 124. The zero-order valence-corrected chi connectivity index (χ0v) is 55.2. The van der Waals surface area contributed by atoms with E-state index < -0.39 is 102 Å². The Morgan fingerprint density at radius 3 is 2.38 bits per heavy atom. The highest BCUT2D eigenvalue weighted by molar-refractivity contribution is 7.99. The predicted molar refractivity (Wildman–Crippen MR) is 339 cm³/mol. The molecule has 4 bridgehead atoms. The molecule has 8 amide bonds.